The van der Waals surface area contributed by atoms with E-state index in [2.05, 4.69) is 26.0 Å². The van der Waals surface area contributed by atoms with Crippen LogP contribution in [0.15, 0.2) is 23.3 Å². The number of Topliss-reactive ketones (excluding diaryl/α,β-unsaturated/α-hetero) is 1. The lowest BCUT2D eigenvalue weighted by atomic mass is 9.51. The maximum Gasteiger partial charge on any atom is 0.372 e. The minimum atomic E-state index is -1.27. The minimum Gasteiger partial charge on any atom is -0.475 e. The Labute approximate surface area is 166 Å². The number of hydrogen-bond acceptors (Lipinski definition) is 4. The number of allylic oxidation sites excluding steroid dienone is 3. The third-order valence-electron chi connectivity index (χ3n) is 8.83. The van der Waals surface area contributed by atoms with Crippen molar-refractivity contribution in [2.75, 3.05) is 13.2 Å². The molecule has 152 valence electrons. The molecule has 2 saturated carbocycles. The van der Waals surface area contributed by atoms with Crippen LogP contribution < -0.4 is 0 Å². The number of aliphatic carboxylic acids is 1. The first-order valence-electron chi connectivity index (χ1n) is 10.7. The third kappa shape index (κ3) is 2.38. The second-order valence-electron chi connectivity index (χ2n) is 9.96. The van der Waals surface area contributed by atoms with E-state index in [0.717, 1.165) is 38.5 Å². The Balaban J connectivity index is 1.46. The highest BCUT2D eigenvalue weighted by molar-refractivity contribution is 6.33. The topological polar surface area (TPSA) is 72.8 Å². The molecule has 5 aliphatic rings. The SMILES string of the molecule is C[C@]12CCC3(CC1=CC[C@@H]1C2=CC[C@]2(C)[C@@H](C(=O)C(=O)O)CC[C@@H]12)OCCO3. The quantitative estimate of drug-likeness (QED) is 0.576. The first kappa shape index (κ1) is 18.6. The van der Waals surface area contributed by atoms with Gasteiger partial charge in [0.15, 0.2) is 5.79 Å². The number of ether oxygens (including phenoxy) is 2. The maximum absolute atomic E-state index is 12.3. The lowest BCUT2D eigenvalue weighted by molar-refractivity contribution is -0.175. The van der Waals surface area contributed by atoms with Crippen molar-refractivity contribution < 1.29 is 24.2 Å². The summed E-state index contributed by atoms with van der Waals surface area (Å²) in [6.07, 6.45) is 11.1. The third-order valence-corrected chi connectivity index (χ3v) is 8.83. The van der Waals surface area contributed by atoms with Crippen LogP contribution in [0.25, 0.3) is 0 Å². The van der Waals surface area contributed by atoms with Crippen LogP contribution in [-0.2, 0) is 19.1 Å². The number of hydrogen-bond donors (Lipinski definition) is 1. The Bertz CT molecular complexity index is 789. The average Bonchev–Trinajstić information content (AvgIpc) is 3.26. The summed E-state index contributed by atoms with van der Waals surface area (Å²) in [5.74, 6) is -1.79. The molecule has 1 aliphatic heterocycles. The van der Waals surface area contributed by atoms with Crippen LogP contribution in [0.5, 0.6) is 0 Å². The summed E-state index contributed by atoms with van der Waals surface area (Å²) in [5, 5.41) is 9.28. The molecule has 0 aromatic carbocycles. The Kier molecular flexibility index (Phi) is 3.99. The summed E-state index contributed by atoms with van der Waals surface area (Å²) in [4.78, 5) is 23.7. The highest BCUT2D eigenvalue weighted by atomic mass is 16.7. The standard InChI is InChI=1S/C23H30O5/c1-21-9-10-23(27-11-12-28-23)13-14(21)3-4-15-16-5-6-18(19(24)20(25)26)22(16,2)8-7-17(15)21/h3,7,15-16,18H,4-6,8-13H2,1-2H3,(H,25,26)/t15-,16-,18+,21-,22-/m0/s1. The summed E-state index contributed by atoms with van der Waals surface area (Å²) in [5.41, 5.74) is 2.81. The van der Waals surface area contributed by atoms with Gasteiger partial charge in [-0.1, -0.05) is 37.1 Å². The van der Waals surface area contributed by atoms with Gasteiger partial charge in [-0.05, 0) is 49.4 Å². The number of carbonyl (C=O) groups excluding carboxylic acids is 1. The zero-order valence-electron chi connectivity index (χ0n) is 16.8. The molecule has 1 N–H and O–H groups in total. The zero-order valence-corrected chi connectivity index (χ0v) is 16.8. The predicted molar refractivity (Wildman–Crippen MR) is 102 cm³/mol. The normalized spacial score (nSPS) is 43.6. The zero-order chi connectivity index (χ0) is 19.7. The number of ketones is 1. The molecule has 5 nitrogen and oxygen atoms in total. The van der Waals surface area contributed by atoms with Crippen molar-refractivity contribution in [2.45, 2.75) is 64.6 Å². The first-order chi connectivity index (χ1) is 13.3. The minimum absolute atomic E-state index is 0.0553. The van der Waals surface area contributed by atoms with Gasteiger partial charge in [0.2, 0.25) is 5.78 Å². The molecule has 5 rings (SSSR count). The van der Waals surface area contributed by atoms with Gasteiger partial charge in [-0.15, -0.1) is 0 Å². The highest BCUT2D eigenvalue weighted by Crippen LogP contribution is 2.65. The van der Waals surface area contributed by atoms with Crippen molar-refractivity contribution in [3.63, 3.8) is 0 Å². The van der Waals surface area contributed by atoms with Crippen LogP contribution in [0.2, 0.25) is 0 Å². The van der Waals surface area contributed by atoms with E-state index in [1.54, 1.807) is 0 Å². The van der Waals surface area contributed by atoms with E-state index in [-0.39, 0.29) is 16.7 Å². The smallest absolute Gasteiger partial charge is 0.372 e. The highest BCUT2D eigenvalue weighted by Gasteiger charge is 2.59. The average molecular weight is 386 g/mol. The molecular formula is C23H30O5. The second kappa shape index (κ2) is 6.02. The molecule has 0 radical (unpaired) electrons. The molecule has 0 aromatic heterocycles. The Hall–Kier alpha value is -1.46. The molecule has 0 unspecified atom stereocenters. The monoisotopic (exact) mass is 386 g/mol. The van der Waals surface area contributed by atoms with Crippen LogP contribution in [0, 0.1) is 28.6 Å². The van der Waals surface area contributed by atoms with Crippen molar-refractivity contribution in [3.05, 3.63) is 23.3 Å². The lowest BCUT2D eigenvalue weighted by Gasteiger charge is -2.54. The van der Waals surface area contributed by atoms with E-state index < -0.39 is 17.5 Å². The number of fused-ring (bicyclic) bond motifs is 5. The Morgan fingerprint density at radius 3 is 2.57 bits per heavy atom. The van der Waals surface area contributed by atoms with E-state index in [1.165, 1.54) is 11.1 Å². The van der Waals surface area contributed by atoms with Gasteiger partial charge in [-0.25, -0.2) is 4.79 Å². The van der Waals surface area contributed by atoms with E-state index >= 15 is 0 Å². The van der Waals surface area contributed by atoms with E-state index in [9.17, 15) is 14.7 Å². The van der Waals surface area contributed by atoms with Crippen LogP contribution in [-0.4, -0.2) is 35.9 Å². The van der Waals surface area contributed by atoms with Crippen LogP contribution in [0.1, 0.15) is 58.8 Å². The second-order valence-corrected chi connectivity index (χ2v) is 9.96. The molecule has 5 heteroatoms. The van der Waals surface area contributed by atoms with E-state index in [0.29, 0.717) is 31.5 Å². The van der Waals surface area contributed by atoms with Gasteiger partial charge < -0.3 is 14.6 Å². The Morgan fingerprint density at radius 2 is 1.86 bits per heavy atom. The summed E-state index contributed by atoms with van der Waals surface area (Å²) in [6.45, 7) is 5.90. The van der Waals surface area contributed by atoms with Gasteiger partial charge in [-0.3, -0.25) is 4.79 Å². The van der Waals surface area contributed by atoms with Crippen LogP contribution in [0.3, 0.4) is 0 Å². The van der Waals surface area contributed by atoms with Crippen molar-refractivity contribution in [2.24, 2.45) is 28.6 Å². The molecule has 3 fully saturated rings. The van der Waals surface area contributed by atoms with Crippen molar-refractivity contribution in [1.82, 2.24) is 0 Å². The van der Waals surface area contributed by atoms with Gasteiger partial charge in [0.05, 0.1) is 13.2 Å². The predicted octanol–water partition coefficient (Wildman–Crippen LogP) is 3.88. The van der Waals surface area contributed by atoms with E-state index in [4.69, 9.17) is 9.47 Å². The number of rotatable bonds is 2. The fourth-order valence-electron chi connectivity index (χ4n) is 7.24. The van der Waals surface area contributed by atoms with Crippen molar-refractivity contribution in [3.8, 4) is 0 Å². The molecule has 5 atom stereocenters. The molecule has 0 bridgehead atoms. The van der Waals surface area contributed by atoms with Crippen molar-refractivity contribution in [1.29, 1.82) is 0 Å². The van der Waals surface area contributed by atoms with Gasteiger partial charge in [0, 0.05) is 24.2 Å². The summed E-state index contributed by atoms with van der Waals surface area (Å²) in [6, 6.07) is 0. The number of carboxylic acid groups (broad SMARTS) is 1. The van der Waals surface area contributed by atoms with Gasteiger partial charge in [-0.2, -0.15) is 0 Å². The van der Waals surface area contributed by atoms with Gasteiger partial charge in [0.1, 0.15) is 0 Å². The fraction of sp³-hybridized carbons (Fsp3) is 0.739. The first-order valence-corrected chi connectivity index (χ1v) is 10.7. The van der Waals surface area contributed by atoms with E-state index in [1.807, 2.05) is 0 Å². The summed E-state index contributed by atoms with van der Waals surface area (Å²) in [7, 11) is 0. The molecule has 0 aromatic rings. The molecule has 4 aliphatic carbocycles. The van der Waals surface area contributed by atoms with Crippen molar-refractivity contribution >= 4 is 11.8 Å². The molecule has 1 saturated heterocycles. The molecule has 1 heterocycles. The number of carbonyl (C=O) groups is 2. The molecular weight excluding hydrogens is 356 g/mol. The summed E-state index contributed by atoms with van der Waals surface area (Å²) >= 11 is 0. The Morgan fingerprint density at radius 1 is 1.11 bits per heavy atom. The summed E-state index contributed by atoms with van der Waals surface area (Å²) < 4.78 is 12.0. The number of carboxylic acids is 1. The maximum atomic E-state index is 12.3. The molecule has 0 amide bonds. The largest absolute Gasteiger partial charge is 0.475 e. The van der Waals surface area contributed by atoms with Gasteiger partial charge in [0.25, 0.3) is 0 Å². The fourth-order valence-corrected chi connectivity index (χ4v) is 7.24. The molecule has 28 heavy (non-hydrogen) atoms. The van der Waals surface area contributed by atoms with Crippen LogP contribution >= 0.6 is 0 Å². The van der Waals surface area contributed by atoms with Crippen LogP contribution in [0.4, 0.5) is 0 Å². The van der Waals surface area contributed by atoms with Gasteiger partial charge >= 0.3 is 5.97 Å². The lowest BCUT2D eigenvalue weighted by Crippen LogP contribution is -2.48. The molecule has 1 spiro atoms.